The van der Waals surface area contributed by atoms with Crippen molar-refractivity contribution in [2.45, 2.75) is 25.3 Å². The summed E-state index contributed by atoms with van der Waals surface area (Å²) >= 11 is 0. The van der Waals surface area contributed by atoms with Gasteiger partial charge in [0.25, 0.3) is 0 Å². The van der Waals surface area contributed by atoms with Gasteiger partial charge >= 0.3 is 0 Å². The summed E-state index contributed by atoms with van der Waals surface area (Å²) in [5.41, 5.74) is 10.5. The maximum Gasteiger partial charge on any atom is 0.218 e. The van der Waals surface area contributed by atoms with E-state index in [0.717, 1.165) is 0 Å². The Morgan fingerprint density at radius 2 is 2.22 bits per heavy atom. The van der Waals surface area contributed by atoms with E-state index in [-0.39, 0.29) is 11.9 Å². The highest BCUT2D eigenvalue weighted by Crippen LogP contribution is 2.32. The molecular weight excluding hydrogens is 116 g/mol. The number of carbonyl (C=O) groups is 1. The first-order valence-corrected chi connectivity index (χ1v) is 3.24. The largest absolute Gasteiger partial charge is 0.370 e. The molecule has 1 unspecified atom stereocenters. The van der Waals surface area contributed by atoms with Crippen molar-refractivity contribution in [2.75, 3.05) is 0 Å². The smallest absolute Gasteiger partial charge is 0.218 e. The molecule has 1 amide bonds. The fourth-order valence-corrected chi connectivity index (χ4v) is 0.923. The van der Waals surface area contributed by atoms with Gasteiger partial charge in [-0.25, -0.2) is 0 Å². The molecule has 0 heterocycles. The molecule has 52 valence electrons. The molecule has 1 rings (SSSR count). The summed E-state index contributed by atoms with van der Waals surface area (Å²) in [6.45, 7) is 0. The van der Waals surface area contributed by atoms with Crippen molar-refractivity contribution in [3.05, 3.63) is 0 Å². The van der Waals surface area contributed by atoms with Crippen LogP contribution in [0.3, 0.4) is 0 Å². The Balaban J connectivity index is 2.17. The van der Waals surface area contributed by atoms with Crippen LogP contribution in [-0.4, -0.2) is 11.9 Å². The fourth-order valence-electron chi connectivity index (χ4n) is 0.923. The van der Waals surface area contributed by atoms with Gasteiger partial charge in [0.15, 0.2) is 0 Å². The summed E-state index contributed by atoms with van der Waals surface area (Å²) in [4.78, 5) is 10.3. The lowest BCUT2D eigenvalue weighted by molar-refractivity contribution is -0.118. The summed E-state index contributed by atoms with van der Waals surface area (Å²) < 4.78 is 0. The van der Waals surface area contributed by atoms with E-state index in [1.54, 1.807) is 0 Å². The topological polar surface area (TPSA) is 69.1 Å². The second kappa shape index (κ2) is 2.35. The van der Waals surface area contributed by atoms with E-state index in [1.807, 2.05) is 0 Å². The molecule has 1 fully saturated rings. The number of rotatable bonds is 3. The van der Waals surface area contributed by atoms with Crippen LogP contribution >= 0.6 is 0 Å². The number of amides is 1. The van der Waals surface area contributed by atoms with Crippen LogP contribution in [0.5, 0.6) is 0 Å². The molecule has 0 bridgehead atoms. The van der Waals surface area contributed by atoms with Gasteiger partial charge < -0.3 is 11.5 Å². The van der Waals surface area contributed by atoms with E-state index in [0.29, 0.717) is 12.3 Å². The molecule has 0 radical (unpaired) electrons. The number of primary amides is 1. The molecule has 4 N–H and O–H groups in total. The Hall–Kier alpha value is -0.570. The van der Waals surface area contributed by atoms with Crippen LogP contribution in [-0.2, 0) is 4.79 Å². The average molecular weight is 128 g/mol. The second-order valence-corrected chi connectivity index (χ2v) is 2.67. The van der Waals surface area contributed by atoms with Crippen molar-refractivity contribution in [1.82, 2.24) is 0 Å². The van der Waals surface area contributed by atoms with Gasteiger partial charge in [0.05, 0.1) is 0 Å². The molecular formula is C6H12N2O. The Morgan fingerprint density at radius 3 is 2.56 bits per heavy atom. The number of hydrogen-bond donors (Lipinski definition) is 2. The molecule has 3 nitrogen and oxygen atoms in total. The third-order valence-corrected chi connectivity index (χ3v) is 1.66. The molecule has 1 aliphatic rings. The second-order valence-electron chi connectivity index (χ2n) is 2.67. The minimum atomic E-state index is -0.283. The third kappa shape index (κ3) is 2.01. The van der Waals surface area contributed by atoms with E-state index in [9.17, 15) is 4.79 Å². The molecule has 1 aliphatic carbocycles. The van der Waals surface area contributed by atoms with E-state index < -0.39 is 0 Å². The first-order valence-electron chi connectivity index (χ1n) is 3.24. The molecule has 0 saturated heterocycles. The van der Waals surface area contributed by atoms with E-state index in [2.05, 4.69) is 0 Å². The summed E-state index contributed by atoms with van der Waals surface area (Å²) in [7, 11) is 0. The minimum Gasteiger partial charge on any atom is -0.370 e. The van der Waals surface area contributed by atoms with E-state index >= 15 is 0 Å². The predicted molar refractivity (Wildman–Crippen MR) is 34.5 cm³/mol. The van der Waals surface area contributed by atoms with Crippen molar-refractivity contribution in [1.29, 1.82) is 0 Å². The third-order valence-electron chi connectivity index (χ3n) is 1.66. The monoisotopic (exact) mass is 128 g/mol. The Kier molecular flexibility index (Phi) is 1.71. The van der Waals surface area contributed by atoms with Gasteiger partial charge in [0, 0.05) is 12.5 Å². The lowest BCUT2D eigenvalue weighted by atomic mass is 10.1. The van der Waals surface area contributed by atoms with Crippen molar-refractivity contribution in [3.8, 4) is 0 Å². The zero-order valence-corrected chi connectivity index (χ0v) is 5.34. The van der Waals surface area contributed by atoms with Gasteiger partial charge in [-0.05, 0) is 18.8 Å². The quantitative estimate of drug-likeness (QED) is 0.543. The molecule has 0 aromatic rings. The lowest BCUT2D eigenvalue weighted by Crippen LogP contribution is -2.29. The van der Waals surface area contributed by atoms with Gasteiger partial charge in [0.2, 0.25) is 5.91 Å². The van der Waals surface area contributed by atoms with Crippen LogP contribution < -0.4 is 11.5 Å². The van der Waals surface area contributed by atoms with Crippen LogP contribution in [0.15, 0.2) is 0 Å². The summed E-state index contributed by atoms with van der Waals surface area (Å²) in [5, 5.41) is 0. The predicted octanol–water partition coefficient (Wildman–Crippen LogP) is -0.401. The van der Waals surface area contributed by atoms with Gasteiger partial charge in [-0.2, -0.15) is 0 Å². The van der Waals surface area contributed by atoms with Crippen LogP contribution in [0.2, 0.25) is 0 Å². The Labute approximate surface area is 54.4 Å². The maximum absolute atomic E-state index is 10.3. The van der Waals surface area contributed by atoms with E-state index in [1.165, 1.54) is 12.8 Å². The molecule has 0 aliphatic heterocycles. The standard InChI is InChI=1S/C6H12N2O/c7-5(3-6(8)9)4-1-2-4/h4-5H,1-3,7H2,(H2,8,9). The van der Waals surface area contributed by atoms with Crippen molar-refractivity contribution >= 4 is 5.91 Å². The van der Waals surface area contributed by atoms with E-state index in [4.69, 9.17) is 11.5 Å². The number of nitrogens with two attached hydrogens (primary N) is 2. The first-order chi connectivity index (χ1) is 4.20. The molecule has 1 atom stereocenters. The van der Waals surface area contributed by atoms with Gasteiger partial charge in [-0.15, -0.1) is 0 Å². The summed E-state index contributed by atoms with van der Waals surface area (Å²) in [6.07, 6.45) is 2.70. The minimum absolute atomic E-state index is 0.0301. The van der Waals surface area contributed by atoms with Crippen LogP contribution in [0.25, 0.3) is 0 Å². The average Bonchev–Trinajstić information content (AvgIpc) is 2.40. The molecule has 0 spiro atoms. The zero-order valence-electron chi connectivity index (χ0n) is 5.34. The van der Waals surface area contributed by atoms with Crippen molar-refractivity contribution in [3.63, 3.8) is 0 Å². The van der Waals surface area contributed by atoms with Crippen molar-refractivity contribution < 1.29 is 4.79 Å². The highest BCUT2D eigenvalue weighted by atomic mass is 16.1. The van der Waals surface area contributed by atoms with Gasteiger partial charge in [-0.3, -0.25) is 4.79 Å². The number of carbonyl (C=O) groups excluding carboxylic acids is 1. The van der Waals surface area contributed by atoms with Crippen LogP contribution in [0.4, 0.5) is 0 Å². The van der Waals surface area contributed by atoms with Gasteiger partial charge in [0.1, 0.15) is 0 Å². The highest BCUT2D eigenvalue weighted by Gasteiger charge is 2.28. The Morgan fingerprint density at radius 1 is 1.67 bits per heavy atom. The molecule has 9 heavy (non-hydrogen) atoms. The lowest BCUT2D eigenvalue weighted by Gasteiger charge is -2.04. The van der Waals surface area contributed by atoms with Crippen molar-refractivity contribution in [2.24, 2.45) is 17.4 Å². The summed E-state index contributed by atoms with van der Waals surface area (Å²) in [6, 6.07) is 0.0301. The highest BCUT2D eigenvalue weighted by molar-refractivity contribution is 5.74. The SMILES string of the molecule is NC(=O)CC(N)C1CC1. The summed E-state index contributed by atoms with van der Waals surface area (Å²) in [5.74, 6) is 0.298. The molecule has 1 saturated carbocycles. The van der Waals surface area contributed by atoms with Gasteiger partial charge in [-0.1, -0.05) is 0 Å². The maximum atomic E-state index is 10.3. The Bertz CT molecular complexity index is 120. The fraction of sp³-hybridized carbons (Fsp3) is 0.833. The molecule has 0 aromatic carbocycles. The van der Waals surface area contributed by atoms with Crippen LogP contribution in [0, 0.1) is 5.92 Å². The van der Waals surface area contributed by atoms with Crippen LogP contribution in [0.1, 0.15) is 19.3 Å². The normalized spacial score (nSPS) is 21.4. The molecule has 0 aromatic heterocycles. The zero-order chi connectivity index (χ0) is 6.85. The molecule has 3 heteroatoms. The number of hydrogen-bond acceptors (Lipinski definition) is 2. The first kappa shape index (κ1) is 6.55.